The van der Waals surface area contributed by atoms with E-state index in [1.807, 2.05) is 6.92 Å². The van der Waals surface area contributed by atoms with Crippen molar-refractivity contribution >= 4 is 22.6 Å². The molecule has 0 aliphatic carbocycles. The van der Waals surface area contributed by atoms with Gasteiger partial charge in [-0.2, -0.15) is 9.36 Å². The summed E-state index contributed by atoms with van der Waals surface area (Å²) in [7, 11) is 1.61. The lowest BCUT2D eigenvalue weighted by atomic mass is 10.3. The van der Waals surface area contributed by atoms with Gasteiger partial charge < -0.3 is 14.5 Å². The van der Waals surface area contributed by atoms with Crippen molar-refractivity contribution in [3.63, 3.8) is 0 Å². The average Bonchev–Trinajstić information content (AvgIpc) is 2.94. The Morgan fingerprint density at radius 1 is 1.15 bits per heavy atom. The number of rotatable bonds is 3. The number of hydrogen-bond acceptors (Lipinski definition) is 8. The molecular formula is C12H16N6OS. The molecule has 8 heteroatoms. The van der Waals surface area contributed by atoms with Gasteiger partial charge in [0.25, 0.3) is 0 Å². The second-order valence-corrected chi connectivity index (χ2v) is 5.23. The highest BCUT2D eigenvalue weighted by Gasteiger charge is 2.21. The van der Waals surface area contributed by atoms with Crippen LogP contribution in [0.15, 0.2) is 12.3 Å². The molecular weight excluding hydrogens is 276 g/mol. The SMILES string of the molecule is COc1ccnc(N2CCN(c3nc(C)ns3)CC2)n1. The van der Waals surface area contributed by atoms with Crippen LogP contribution in [0.25, 0.3) is 0 Å². The summed E-state index contributed by atoms with van der Waals surface area (Å²) in [6.45, 7) is 5.45. The van der Waals surface area contributed by atoms with Crippen LogP contribution >= 0.6 is 11.5 Å². The number of nitrogens with zero attached hydrogens (tertiary/aromatic N) is 6. The van der Waals surface area contributed by atoms with Crippen molar-refractivity contribution in [3.05, 3.63) is 18.1 Å². The standard InChI is InChI=1S/C12H16N6OS/c1-9-14-12(20-16-9)18-7-5-17(6-8-18)11-13-4-3-10(15-11)19-2/h3-4H,5-8H2,1-2H3. The molecule has 7 nitrogen and oxygen atoms in total. The number of methoxy groups -OCH3 is 1. The van der Waals surface area contributed by atoms with Crippen LogP contribution in [-0.4, -0.2) is 52.6 Å². The molecule has 20 heavy (non-hydrogen) atoms. The van der Waals surface area contributed by atoms with Crippen molar-refractivity contribution in [2.45, 2.75) is 6.92 Å². The van der Waals surface area contributed by atoms with E-state index in [1.54, 1.807) is 19.4 Å². The molecule has 1 aliphatic rings. The minimum absolute atomic E-state index is 0.595. The lowest BCUT2D eigenvalue weighted by molar-refractivity contribution is 0.396. The van der Waals surface area contributed by atoms with E-state index in [1.165, 1.54) is 11.5 Å². The van der Waals surface area contributed by atoms with Crippen LogP contribution in [0.5, 0.6) is 5.88 Å². The van der Waals surface area contributed by atoms with Crippen LogP contribution in [0.1, 0.15) is 5.82 Å². The zero-order valence-corrected chi connectivity index (χ0v) is 12.3. The normalized spacial score (nSPS) is 15.5. The first-order chi connectivity index (χ1) is 9.76. The van der Waals surface area contributed by atoms with Gasteiger partial charge in [-0.15, -0.1) is 0 Å². The number of aryl methyl sites for hydroxylation is 1. The zero-order valence-electron chi connectivity index (χ0n) is 11.5. The van der Waals surface area contributed by atoms with E-state index in [-0.39, 0.29) is 0 Å². The topological polar surface area (TPSA) is 67.3 Å². The Morgan fingerprint density at radius 3 is 2.55 bits per heavy atom. The monoisotopic (exact) mass is 292 g/mol. The summed E-state index contributed by atoms with van der Waals surface area (Å²) in [6, 6.07) is 1.75. The van der Waals surface area contributed by atoms with Gasteiger partial charge in [0, 0.05) is 50.0 Å². The summed E-state index contributed by atoms with van der Waals surface area (Å²) in [5.74, 6) is 2.15. The van der Waals surface area contributed by atoms with Gasteiger partial charge in [0.2, 0.25) is 17.0 Å². The molecule has 3 rings (SSSR count). The number of hydrogen-bond donors (Lipinski definition) is 0. The Bertz CT molecular complexity index is 581. The fraction of sp³-hybridized carbons (Fsp3) is 0.500. The smallest absolute Gasteiger partial charge is 0.228 e. The minimum atomic E-state index is 0.595. The summed E-state index contributed by atoms with van der Waals surface area (Å²) in [6.07, 6.45) is 1.72. The summed E-state index contributed by atoms with van der Waals surface area (Å²) < 4.78 is 9.36. The van der Waals surface area contributed by atoms with Crippen LogP contribution in [0.2, 0.25) is 0 Å². The van der Waals surface area contributed by atoms with Gasteiger partial charge >= 0.3 is 0 Å². The zero-order chi connectivity index (χ0) is 13.9. The van der Waals surface area contributed by atoms with Gasteiger partial charge in [-0.25, -0.2) is 9.97 Å². The Balaban J connectivity index is 1.66. The Labute approximate surface area is 121 Å². The molecule has 0 unspecified atom stereocenters. The van der Waals surface area contributed by atoms with Crippen LogP contribution in [0.4, 0.5) is 11.1 Å². The third-order valence-corrected chi connectivity index (χ3v) is 4.04. The number of anilines is 2. The molecule has 2 aromatic rings. The maximum Gasteiger partial charge on any atom is 0.228 e. The van der Waals surface area contributed by atoms with Gasteiger partial charge in [0.15, 0.2) is 0 Å². The molecule has 1 saturated heterocycles. The number of ether oxygens (including phenoxy) is 1. The Kier molecular flexibility index (Phi) is 3.64. The Hall–Kier alpha value is -1.96. The second kappa shape index (κ2) is 5.58. The van der Waals surface area contributed by atoms with Crippen LogP contribution in [0.3, 0.4) is 0 Å². The molecule has 0 bridgehead atoms. The lowest BCUT2D eigenvalue weighted by Crippen LogP contribution is -2.47. The number of piperazine rings is 1. The fourth-order valence-electron chi connectivity index (χ4n) is 2.11. The van der Waals surface area contributed by atoms with Crippen LogP contribution in [0, 0.1) is 6.92 Å². The van der Waals surface area contributed by atoms with Crippen LogP contribution < -0.4 is 14.5 Å². The van der Waals surface area contributed by atoms with Crippen molar-refractivity contribution < 1.29 is 4.74 Å². The van der Waals surface area contributed by atoms with E-state index in [9.17, 15) is 0 Å². The molecule has 0 aromatic carbocycles. The van der Waals surface area contributed by atoms with Crippen molar-refractivity contribution in [2.24, 2.45) is 0 Å². The molecule has 2 aromatic heterocycles. The highest BCUT2D eigenvalue weighted by Crippen LogP contribution is 2.20. The molecule has 106 valence electrons. The second-order valence-electron chi connectivity index (χ2n) is 4.50. The van der Waals surface area contributed by atoms with E-state index < -0.39 is 0 Å². The lowest BCUT2D eigenvalue weighted by Gasteiger charge is -2.34. The van der Waals surface area contributed by atoms with Gasteiger partial charge in [0.05, 0.1) is 7.11 Å². The molecule has 3 heterocycles. The molecule has 0 N–H and O–H groups in total. The highest BCUT2D eigenvalue weighted by molar-refractivity contribution is 7.09. The molecule has 0 spiro atoms. The molecule has 1 fully saturated rings. The molecule has 0 saturated carbocycles. The quantitative estimate of drug-likeness (QED) is 0.835. The van der Waals surface area contributed by atoms with E-state index in [4.69, 9.17) is 4.74 Å². The van der Waals surface area contributed by atoms with E-state index >= 15 is 0 Å². The molecule has 0 atom stereocenters. The summed E-state index contributed by atoms with van der Waals surface area (Å²) in [4.78, 5) is 17.5. The van der Waals surface area contributed by atoms with Crippen molar-refractivity contribution in [1.82, 2.24) is 19.3 Å². The third kappa shape index (κ3) is 2.64. The number of aromatic nitrogens is 4. The van der Waals surface area contributed by atoms with Gasteiger partial charge in [0.1, 0.15) is 5.82 Å². The third-order valence-electron chi connectivity index (χ3n) is 3.18. The summed E-state index contributed by atoms with van der Waals surface area (Å²) in [5, 5.41) is 0.994. The van der Waals surface area contributed by atoms with Crippen LogP contribution in [-0.2, 0) is 0 Å². The predicted molar refractivity (Wildman–Crippen MR) is 77.7 cm³/mol. The summed E-state index contributed by atoms with van der Waals surface area (Å²) >= 11 is 1.45. The molecule has 0 radical (unpaired) electrons. The van der Waals surface area contributed by atoms with Crippen molar-refractivity contribution in [2.75, 3.05) is 43.1 Å². The van der Waals surface area contributed by atoms with E-state index in [2.05, 4.69) is 29.1 Å². The van der Waals surface area contributed by atoms with E-state index in [0.29, 0.717) is 5.88 Å². The fourth-order valence-corrected chi connectivity index (χ4v) is 2.84. The van der Waals surface area contributed by atoms with Crippen molar-refractivity contribution in [1.29, 1.82) is 0 Å². The van der Waals surface area contributed by atoms with E-state index in [0.717, 1.165) is 43.1 Å². The summed E-state index contributed by atoms with van der Waals surface area (Å²) in [5.41, 5.74) is 0. The maximum absolute atomic E-state index is 5.13. The average molecular weight is 292 g/mol. The van der Waals surface area contributed by atoms with Crippen molar-refractivity contribution in [3.8, 4) is 5.88 Å². The first-order valence-corrected chi connectivity index (χ1v) is 7.21. The minimum Gasteiger partial charge on any atom is -0.481 e. The molecule has 1 aliphatic heterocycles. The van der Waals surface area contributed by atoms with Gasteiger partial charge in [-0.1, -0.05) is 0 Å². The molecule has 0 amide bonds. The van der Waals surface area contributed by atoms with Gasteiger partial charge in [-0.3, -0.25) is 0 Å². The predicted octanol–water partition coefficient (Wildman–Crippen LogP) is 0.972. The first-order valence-electron chi connectivity index (χ1n) is 6.43. The maximum atomic E-state index is 5.13. The van der Waals surface area contributed by atoms with Gasteiger partial charge in [-0.05, 0) is 6.92 Å². The Morgan fingerprint density at radius 2 is 1.90 bits per heavy atom. The first kappa shape index (κ1) is 13.0. The largest absolute Gasteiger partial charge is 0.481 e. The highest BCUT2D eigenvalue weighted by atomic mass is 32.1.